The first-order valence-corrected chi connectivity index (χ1v) is 13.0. The van der Waals surface area contributed by atoms with Crippen LogP contribution in [0.5, 0.6) is 0 Å². The van der Waals surface area contributed by atoms with Crippen LogP contribution in [0.15, 0.2) is 24.3 Å². The number of para-hydroxylation sites is 1. The Hall–Kier alpha value is -2.49. The van der Waals surface area contributed by atoms with Crippen molar-refractivity contribution in [2.45, 2.75) is 82.8 Å². The molecule has 0 aliphatic carbocycles. The largest absolute Gasteiger partial charge is 0.390 e. The number of piperidine rings is 1. The first kappa shape index (κ1) is 24.2. The molecule has 4 heterocycles. The van der Waals surface area contributed by atoms with E-state index in [0.29, 0.717) is 30.9 Å². The van der Waals surface area contributed by atoms with Gasteiger partial charge in [-0.2, -0.15) is 5.10 Å². The lowest BCUT2D eigenvalue weighted by Crippen LogP contribution is -2.52. The third kappa shape index (κ3) is 4.94. The van der Waals surface area contributed by atoms with Crippen LogP contribution in [0, 0.1) is 0 Å². The molecule has 5 atom stereocenters. The third-order valence-corrected chi connectivity index (χ3v) is 7.97. The Balaban J connectivity index is 1.17. The van der Waals surface area contributed by atoms with E-state index in [-0.39, 0.29) is 29.9 Å². The number of carbonyl (C=O) groups excluding carboxylic acids is 2. The molecule has 3 N–H and O–H groups in total. The molecule has 35 heavy (non-hydrogen) atoms. The number of aliphatic hydroxyl groups excluding tert-OH is 1. The van der Waals surface area contributed by atoms with E-state index in [9.17, 15) is 14.7 Å². The molecule has 0 radical (unpaired) electrons. The topological polar surface area (TPSA) is 103 Å². The SMILES string of the molecule is CC(=O)N[C@H]1CN(CCN2[C@@H]3CC[C@H]2CC(NC(=O)c2nn(C(C)C)c4ccccc24)C3)C[C@@H]1O. The maximum absolute atomic E-state index is 13.3. The zero-order valence-electron chi connectivity index (χ0n) is 21.0. The molecule has 2 aromatic rings. The second-order valence-electron chi connectivity index (χ2n) is 10.8. The van der Waals surface area contributed by atoms with Gasteiger partial charge in [-0.05, 0) is 45.6 Å². The lowest BCUT2D eigenvalue weighted by atomic mass is 9.97. The smallest absolute Gasteiger partial charge is 0.272 e. The predicted molar refractivity (Wildman–Crippen MR) is 134 cm³/mol. The van der Waals surface area contributed by atoms with Crippen LogP contribution in [0.25, 0.3) is 10.9 Å². The number of aliphatic hydroxyl groups is 1. The maximum atomic E-state index is 13.3. The van der Waals surface area contributed by atoms with Crippen LogP contribution in [0.3, 0.4) is 0 Å². The molecule has 3 aliphatic heterocycles. The standard InChI is InChI=1S/C26H38N6O3/c1-16(2)32-23-7-5-4-6-21(23)25(29-32)26(35)28-18-12-19-8-9-20(13-18)31(19)11-10-30-14-22(24(34)15-30)27-17(3)33/h4-7,16,18-20,22,24,34H,8-15H2,1-3H3,(H,27,33)(H,28,35)/t18?,19-,20+,22-,24-/m0/s1. The van der Waals surface area contributed by atoms with Gasteiger partial charge in [-0.15, -0.1) is 0 Å². The van der Waals surface area contributed by atoms with Gasteiger partial charge in [0.2, 0.25) is 5.91 Å². The van der Waals surface area contributed by atoms with Crippen molar-refractivity contribution < 1.29 is 14.7 Å². The van der Waals surface area contributed by atoms with Gasteiger partial charge in [-0.25, -0.2) is 0 Å². The molecule has 3 fully saturated rings. The van der Waals surface area contributed by atoms with E-state index in [2.05, 4.69) is 39.4 Å². The predicted octanol–water partition coefficient (Wildman–Crippen LogP) is 1.52. The molecule has 1 aromatic carbocycles. The van der Waals surface area contributed by atoms with E-state index >= 15 is 0 Å². The molecule has 5 rings (SSSR count). The molecule has 190 valence electrons. The van der Waals surface area contributed by atoms with Gasteiger partial charge in [0.05, 0.1) is 17.7 Å². The summed E-state index contributed by atoms with van der Waals surface area (Å²) in [6.45, 7) is 8.79. The Morgan fingerprint density at radius 2 is 1.80 bits per heavy atom. The minimum atomic E-state index is -0.508. The number of likely N-dealkylation sites (tertiary alicyclic amines) is 1. The van der Waals surface area contributed by atoms with Crippen LogP contribution in [-0.4, -0.2) is 93.0 Å². The summed E-state index contributed by atoms with van der Waals surface area (Å²) in [5, 5.41) is 22.0. The number of β-amino-alcohol motifs (C(OH)–C–C–N with tert-alkyl or cyclic N) is 1. The van der Waals surface area contributed by atoms with Gasteiger partial charge in [0, 0.05) is 62.7 Å². The number of aromatic nitrogens is 2. The highest BCUT2D eigenvalue weighted by molar-refractivity contribution is 6.05. The molecule has 0 saturated carbocycles. The molecule has 3 aliphatic rings. The van der Waals surface area contributed by atoms with Crippen molar-refractivity contribution in [3.63, 3.8) is 0 Å². The zero-order chi connectivity index (χ0) is 24.7. The summed E-state index contributed by atoms with van der Waals surface area (Å²) in [5.41, 5.74) is 1.51. The number of amides is 2. The summed E-state index contributed by atoms with van der Waals surface area (Å²) in [6, 6.07) is 9.07. The average Bonchev–Trinajstić information content (AvgIpc) is 3.43. The Morgan fingerprint density at radius 1 is 1.09 bits per heavy atom. The average molecular weight is 483 g/mol. The van der Waals surface area contributed by atoms with E-state index in [1.54, 1.807) is 0 Å². The Labute approximate surface area is 206 Å². The van der Waals surface area contributed by atoms with Gasteiger partial charge in [-0.3, -0.25) is 24.1 Å². The van der Waals surface area contributed by atoms with Crippen LogP contribution in [0.2, 0.25) is 0 Å². The highest BCUT2D eigenvalue weighted by atomic mass is 16.3. The number of nitrogens with zero attached hydrogens (tertiary/aromatic N) is 4. The van der Waals surface area contributed by atoms with Crippen molar-refractivity contribution in [1.82, 2.24) is 30.2 Å². The molecule has 2 bridgehead atoms. The molecular formula is C26H38N6O3. The highest BCUT2D eigenvalue weighted by Crippen LogP contribution is 2.36. The number of rotatable bonds is 7. The van der Waals surface area contributed by atoms with Gasteiger partial charge < -0.3 is 15.7 Å². The number of carbonyl (C=O) groups is 2. The van der Waals surface area contributed by atoms with Gasteiger partial charge in [0.15, 0.2) is 5.69 Å². The Kier molecular flexibility index (Phi) is 6.83. The summed E-state index contributed by atoms with van der Waals surface area (Å²) >= 11 is 0. The van der Waals surface area contributed by atoms with Crippen molar-refractivity contribution in [2.24, 2.45) is 0 Å². The van der Waals surface area contributed by atoms with Gasteiger partial charge in [0.25, 0.3) is 5.91 Å². The highest BCUT2D eigenvalue weighted by Gasteiger charge is 2.42. The number of fused-ring (bicyclic) bond motifs is 3. The summed E-state index contributed by atoms with van der Waals surface area (Å²) in [4.78, 5) is 29.5. The fourth-order valence-electron chi connectivity index (χ4n) is 6.37. The fraction of sp³-hybridized carbons (Fsp3) is 0.654. The molecule has 1 aromatic heterocycles. The minimum absolute atomic E-state index is 0.0754. The van der Waals surface area contributed by atoms with Crippen molar-refractivity contribution in [3.8, 4) is 0 Å². The number of hydrogen-bond acceptors (Lipinski definition) is 6. The summed E-state index contributed by atoms with van der Waals surface area (Å²) in [6.07, 6.45) is 3.74. The molecule has 2 amide bonds. The van der Waals surface area contributed by atoms with Crippen LogP contribution < -0.4 is 10.6 Å². The third-order valence-electron chi connectivity index (χ3n) is 7.97. The van der Waals surface area contributed by atoms with Gasteiger partial charge in [0.1, 0.15) is 0 Å². The van der Waals surface area contributed by atoms with E-state index in [1.165, 1.54) is 19.8 Å². The van der Waals surface area contributed by atoms with Crippen molar-refractivity contribution in [3.05, 3.63) is 30.0 Å². The van der Waals surface area contributed by atoms with E-state index in [4.69, 9.17) is 0 Å². The Bertz CT molecular complexity index is 1070. The molecule has 3 saturated heterocycles. The van der Waals surface area contributed by atoms with Crippen molar-refractivity contribution in [1.29, 1.82) is 0 Å². The van der Waals surface area contributed by atoms with Crippen molar-refractivity contribution >= 4 is 22.7 Å². The number of nitrogens with one attached hydrogen (secondary N) is 2. The van der Waals surface area contributed by atoms with Gasteiger partial charge >= 0.3 is 0 Å². The van der Waals surface area contributed by atoms with Crippen LogP contribution in [0.1, 0.15) is 63.0 Å². The molecule has 9 nitrogen and oxygen atoms in total. The lowest BCUT2D eigenvalue weighted by Gasteiger charge is -2.39. The van der Waals surface area contributed by atoms with E-state index in [0.717, 1.165) is 36.8 Å². The summed E-state index contributed by atoms with van der Waals surface area (Å²) in [7, 11) is 0. The summed E-state index contributed by atoms with van der Waals surface area (Å²) in [5.74, 6) is -0.171. The fourth-order valence-corrected chi connectivity index (χ4v) is 6.37. The van der Waals surface area contributed by atoms with E-state index in [1.807, 2.05) is 28.9 Å². The maximum Gasteiger partial charge on any atom is 0.272 e. The second kappa shape index (κ2) is 9.87. The first-order chi connectivity index (χ1) is 16.8. The zero-order valence-corrected chi connectivity index (χ0v) is 21.0. The van der Waals surface area contributed by atoms with Gasteiger partial charge in [-0.1, -0.05) is 18.2 Å². The monoisotopic (exact) mass is 482 g/mol. The normalized spacial score (nSPS) is 29.2. The lowest BCUT2D eigenvalue weighted by molar-refractivity contribution is -0.120. The molecule has 9 heteroatoms. The van der Waals surface area contributed by atoms with Crippen molar-refractivity contribution in [2.75, 3.05) is 26.2 Å². The van der Waals surface area contributed by atoms with E-state index < -0.39 is 6.10 Å². The van der Waals surface area contributed by atoms with Crippen LogP contribution >= 0.6 is 0 Å². The Morgan fingerprint density at radius 3 is 2.49 bits per heavy atom. The summed E-state index contributed by atoms with van der Waals surface area (Å²) < 4.78 is 1.93. The minimum Gasteiger partial charge on any atom is -0.390 e. The van der Waals surface area contributed by atoms with Crippen LogP contribution in [0.4, 0.5) is 0 Å². The number of hydrogen-bond donors (Lipinski definition) is 3. The quantitative estimate of drug-likeness (QED) is 0.553. The second-order valence-corrected chi connectivity index (χ2v) is 10.8. The van der Waals surface area contributed by atoms with Crippen LogP contribution in [-0.2, 0) is 4.79 Å². The first-order valence-electron chi connectivity index (χ1n) is 13.0. The molecular weight excluding hydrogens is 444 g/mol. The molecule has 1 unspecified atom stereocenters. The number of benzene rings is 1. The molecule has 0 spiro atoms.